The predicted octanol–water partition coefficient (Wildman–Crippen LogP) is 3.17. The van der Waals surface area contributed by atoms with E-state index in [1.807, 2.05) is 42.5 Å². The van der Waals surface area contributed by atoms with E-state index in [1.165, 1.54) is 0 Å². The Morgan fingerprint density at radius 2 is 1.95 bits per heavy atom. The van der Waals surface area contributed by atoms with Gasteiger partial charge >= 0.3 is 0 Å². The summed E-state index contributed by atoms with van der Waals surface area (Å²) in [7, 11) is 0. The maximum atomic E-state index is 10.2. The molecule has 0 bridgehead atoms. The highest BCUT2D eigenvalue weighted by molar-refractivity contribution is 9.10. The zero-order valence-electron chi connectivity index (χ0n) is 11.0. The van der Waals surface area contributed by atoms with Gasteiger partial charge in [0.2, 0.25) is 11.7 Å². The molecule has 106 valence electrons. The third-order valence-electron chi connectivity index (χ3n) is 2.99. The quantitative estimate of drug-likeness (QED) is 0.786. The Morgan fingerprint density at radius 1 is 1.14 bits per heavy atom. The fourth-order valence-electron chi connectivity index (χ4n) is 1.94. The molecule has 3 rings (SSSR count). The predicted molar refractivity (Wildman–Crippen MR) is 80.3 cm³/mol. The molecule has 0 amide bonds. The fraction of sp³-hybridized carbons (Fsp3) is 0.133. The second kappa shape index (κ2) is 6.15. The lowest BCUT2D eigenvalue weighted by Gasteiger charge is -2.07. The first kappa shape index (κ1) is 13.9. The van der Waals surface area contributed by atoms with E-state index in [1.54, 1.807) is 6.20 Å². The molecule has 0 spiro atoms. The molecule has 1 aromatic carbocycles. The van der Waals surface area contributed by atoms with E-state index in [0.717, 1.165) is 10.0 Å². The Hall–Kier alpha value is -2.05. The maximum absolute atomic E-state index is 10.2. The standard InChI is InChI=1S/C15H12BrN3O2/c16-11-7-4-8-17-14(11)15-18-13(21-19-15)9-12(20)10-5-2-1-3-6-10/h1-8,12,20H,9H2. The number of rotatable bonds is 4. The summed E-state index contributed by atoms with van der Waals surface area (Å²) in [4.78, 5) is 8.48. The summed E-state index contributed by atoms with van der Waals surface area (Å²) in [6.45, 7) is 0. The van der Waals surface area contributed by atoms with Gasteiger partial charge in [-0.05, 0) is 33.6 Å². The topological polar surface area (TPSA) is 72.0 Å². The SMILES string of the molecule is OC(Cc1nc(-c2ncccc2Br)no1)c1ccccc1. The number of aliphatic hydroxyl groups excluding tert-OH is 1. The van der Waals surface area contributed by atoms with E-state index >= 15 is 0 Å². The fourth-order valence-corrected chi connectivity index (χ4v) is 2.37. The van der Waals surface area contributed by atoms with Crippen molar-refractivity contribution in [3.05, 3.63) is 64.6 Å². The first-order valence-electron chi connectivity index (χ1n) is 6.40. The largest absolute Gasteiger partial charge is 0.388 e. The van der Waals surface area contributed by atoms with Crippen molar-refractivity contribution in [2.45, 2.75) is 12.5 Å². The molecule has 0 aliphatic carbocycles. The summed E-state index contributed by atoms with van der Waals surface area (Å²) < 4.78 is 5.98. The van der Waals surface area contributed by atoms with E-state index in [-0.39, 0.29) is 6.42 Å². The van der Waals surface area contributed by atoms with E-state index in [2.05, 4.69) is 31.1 Å². The normalized spacial score (nSPS) is 12.3. The lowest BCUT2D eigenvalue weighted by molar-refractivity contribution is 0.165. The maximum Gasteiger partial charge on any atom is 0.229 e. The highest BCUT2D eigenvalue weighted by atomic mass is 79.9. The minimum atomic E-state index is -0.674. The minimum absolute atomic E-state index is 0.265. The van der Waals surface area contributed by atoms with Gasteiger partial charge in [-0.15, -0.1) is 0 Å². The summed E-state index contributed by atoms with van der Waals surface area (Å²) in [5.74, 6) is 0.775. The van der Waals surface area contributed by atoms with E-state index in [0.29, 0.717) is 17.4 Å². The van der Waals surface area contributed by atoms with Crippen molar-refractivity contribution < 1.29 is 9.63 Å². The van der Waals surface area contributed by atoms with E-state index in [4.69, 9.17) is 4.52 Å². The van der Waals surface area contributed by atoms with Crippen LogP contribution in [-0.2, 0) is 6.42 Å². The molecule has 2 heterocycles. The van der Waals surface area contributed by atoms with Crippen molar-refractivity contribution in [3.8, 4) is 11.5 Å². The lowest BCUT2D eigenvalue weighted by Crippen LogP contribution is -2.01. The number of aliphatic hydroxyl groups is 1. The van der Waals surface area contributed by atoms with Gasteiger partial charge in [0.15, 0.2) is 0 Å². The third-order valence-corrected chi connectivity index (χ3v) is 3.63. The molecule has 21 heavy (non-hydrogen) atoms. The van der Waals surface area contributed by atoms with Crippen molar-refractivity contribution >= 4 is 15.9 Å². The zero-order chi connectivity index (χ0) is 14.7. The third kappa shape index (κ3) is 3.17. The van der Waals surface area contributed by atoms with Crippen LogP contribution >= 0.6 is 15.9 Å². The van der Waals surface area contributed by atoms with Crippen LogP contribution in [0.5, 0.6) is 0 Å². The average Bonchev–Trinajstić information content (AvgIpc) is 2.97. The van der Waals surface area contributed by atoms with Gasteiger partial charge in [-0.2, -0.15) is 4.98 Å². The molecule has 0 radical (unpaired) electrons. The Kier molecular flexibility index (Phi) is 4.08. The molecule has 0 saturated heterocycles. The number of halogens is 1. The van der Waals surface area contributed by atoms with Gasteiger partial charge < -0.3 is 9.63 Å². The molecular formula is C15H12BrN3O2. The number of benzene rings is 1. The van der Waals surface area contributed by atoms with E-state index < -0.39 is 6.10 Å². The van der Waals surface area contributed by atoms with Gasteiger partial charge in [0.1, 0.15) is 5.69 Å². The molecule has 0 saturated carbocycles. The van der Waals surface area contributed by atoms with Crippen LogP contribution in [0.15, 0.2) is 57.7 Å². The van der Waals surface area contributed by atoms with Crippen molar-refractivity contribution in [3.63, 3.8) is 0 Å². The van der Waals surface area contributed by atoms with Gasteiger partial charge in [0.05, 0.1) is 12.5 Å². The second-order valence-corrected chi connectivity index (χ2v) is 5.33. The van der Waals surface area contributed by atoms with Crippen molar-refractivity contribution in [2.24, 2.45) is 0 Å². The summed E-state index contributed by atoms with van der Waals surface area (Å²) in [6.07, 6.45) is 1.25. The smallest absolute Gasteiger partial charge is 0.229 e. The highest BCUT2D eigenvalue weighted by Crippen LogP contribution is 2.24. The van der Waals surface area contributed by atoms with Crippen LogP contribution in [0.3, 0.4) is 0 Å². The average molecular weight is 346 g/mol. The molecule has 0 fully saturated rings. The van der Waals surface area contributed by atoms with Crippen molar-refractivity contribution in [1.29, 1.82) is 0 Å². The number of hydrogen-bond acceptors (Lipinski definition) is 5. The van der Waals surface area contributed by atoms with Gasteiger partial charge in [-0.1, -0.05) is 35.5 Å². The lowest BCUT2D eigenvalue weighted by atomic mass is 10.1. The molecule has 1 N–H and O–H groups in total. The summed E-state index contributed by atoms with van der Waals surface area (Å²) >= 11 is 3.40. The first-order valence-corrected chi connectivity index (χ1v) is 7.20. The Bertz CT molecular complexity index is 731. The first-order chi connectivity index (χ1) is 10.2. The molecule has 5 nitrogen and oxygen atoms in total. The van der Waals surface area contributed by atoms with Gasteiger partial charge in [0.25, 0.3) is 0 Å². The zero-order valence-corrected chi connectivity index (χ0v) is 12.6. The van der Waals surface area contributed by atoms with Gasteiger partial charge in [-0.25, -0.2) is 0 Å². The van der Waals surface area contributed by atoms with Gasteiger partial charge in [-0.3, -0.25) is 4.98 Å². The van der Waals surface area contributed by atoms with Crippen LogP contribution in [-0.4, -0.2) is 20.2 Å². The van der Waals surface area contributed by atoms with Crippen molar-refractivity contribution in [2.75, 3.05) is 0 Å². The second-order valence-electron chi connectivity index (χ2n) is 4.48. The number of hydrogen-bond donors (Lipinski definition) is 1. The highest BCUT2D eigenvalue weighted by Gasteiger charge is 2.16. The van der Waals surface area contributed by atoms with E-state index in [9.17, 15) is 5.11 Å². The van der Waals surface area contributed by atoms with Crippen LogP contribution in [0.1, 0.15) is 17.6 Å². The Morgan fingerprint density at radius 3 is 2.71 bits per heavy atom. The molecular weight excluding hydrogens is 334 g/mol. The van der Waals surface area contributed by atoms with Crippen LogP contribution in [0, 0.1) is 0 Å². The summed E-state index contributed by atoms with van der Waals surface area (Å²) in [5.41, 5.74) is 1.43. The number of pyridine rings is 1. The number of nitrogens with zero attached hydrogens (tertiary/aromatic N) is 3. The Balaban J connectivity index is 1.78. The molecule has 0 aliphatic heterocycles. The summed E-state index contributed by atoms with van der Waals surface area (Å²) in [6, 6.07) is 13.0. The van der Waals surface area contributed by atoms with Crippen LogP contribution in [0.2, 0.25) is 0 Å². The van der Waals surface area contributed by atoms with Crippen LogP contribution < -0.4 is 0 Å². The van der Waals surface area contributed by atoms with Crippen LogP contribution in [0.25, 0.3) is 11.5 Å². The summed E-state index contributed by atoms with van der Waals surface area (Å²) in [5, 5.41) is 14.1. The molecule has 3 aromatic rings. The minimum Gasteiger partial charge on any atom is -0.388 e. The molecule has 0 aliphatic rings. The molecule has 1 unspecified atom stereocenters. The molecule has 6 heteroatoms. The molecule has 2 aromatic heterocycles. The monoisotopic (exact) mass is 345 g/mol. The van der Waals surface area contributed by atoms with Crippen molar-refractivity contribution in [1.82, 2.24) is 15.1 Å². The van der Waals surface area contributed by atoms with Crippen LogP contribution in [0.4, 0.5) is 0 Å². The Labute approximate surface area is 129 Å². The number of aromatic nitrogens is 3. The molecule has 1 atom stereocenters. The van der Waals surface area contributed by atoms with Gasteiger partial charge in [0, 0.05) is 10.7 Å².